The molecule has 5 heteroatoms. The summed E-state index contributed by atoms with van der Waals surface area (Å²) in [6.07, 6.45) is 34.1. The molecule has 4 saturated carbocycles. The predicted molar refractivity (Wildman–Crippen MR) is 174 cm³/mol. The second kappa shape index (κ2) is 17.0. The number of para-hydroxylation sites is 1. The molecule has 228 valence electrons. The van der Waals surface area contributed by atoms with Crippen molar-refractivity contribution in [3.05, 3.63) is 35.2 Å². The Hall–Kier alpha value is -0.637. The number of anilines is 1. The molecule has 7 rings (SSSR count). The average molecular weight is 759 g/mol. The van der Waals surface area contributed by atoms with Gasteiger partial charge in [0.05, 0.1) is 0 Å². The van der Waals surface area contributed by atoms with Gasteiger partial charge in [-0.05, 0) is 12.0 Å². The summed E-state index contributed by atoms with van der Waals surface area (Å²) < 4.78 is 3.99. The topological polar surface area (TPSA) is 69.4 Å². The van der Waals surface area contributed by atoms with E-state index in [0.717, 1.165) is 30.8 Å². The number of piperidine rings is 1. The van der Waals surface area contributed by atoms with Crippen molar-refractivity contribution < 1.29 is 10.2 Å². The predicted octanol–water partition coefficient (Wildman–Crippen LogP) is 9.37. The van der Waals surface area contributed by atoms with Gasteiger partial charge in [-0.1, -0.05) is 67.7 Å². The monoisotopic (exact) mass is 758 g/mol. The number of aliphatic hydroxyl groups excluding tert-OH is 1. The number of nitrogens with zero attached hydrogens (tertiary/aromatic N) is 1. The number of benzene rings is 1. The first-order valence-electron chi connectivity index (χ1n) is 17.5. The number of hydrogen-bond acceptors (Lipinski definition) is 3. The summed E-state index contributed by atoms with van der Waals surface area (Å²) in [4.78, 5) is 0. The van der Waals surface area contributed by atoms with Gasteiger partial charge in [-0.25, -0.2) is 0 Å². The fourth-order valence-electron chi connectivity index (χ4n) is 8.68. The van der Waals surface area contributed by atoms with E-state index in [0.29, 0.717) is 12.0 Å². The summed E-state index contributed by atoms with van der Waals surface area (Å²) in [6, 6.07) is 5.58. The standard InChI is InChI=1S/C9H16NO.C9H9NO.3C6H11.Bi/c2*11-8-5-1-3-7-4-2-6-10-9(7)8;3*1-2-4-6-5-3-1;/h7-9,11H,1-6H2;1-5,10-11H,6H2;3*1H,2-6H2;/q-1;;;;;+2/p-1. The van der Waals surface area contributed by atoms with Crippen molar-refractivity contribution in [2.75, 3.05) is 18.4 Å². The minimum atomic E-state index is -1.23. The maximum Gasteiger partial charge on any atom is 0.0383 e. The van der Waals surface area contributed by atoms with Gasteiger partial charge in [-0.15, -0.1) is 12.6 Å². The van der Waals surface area contributed by atoms with E-state index in [1.54, 1.807) is 108 Å². The Morgan fingerprint density at radius 2 is 1.29 bits per heavy atom. The minimum Gasteiger partial charge on any atom is -0.871 e. The zero-order valence-corrected chi connectivity index (χ0v) is 29.1. The first-order valence-corrected chi connectivity index (χ1v) is 23.6. The zero-order valence-electron chi connectivity index (χ0n) is 25.7. The summed E-state index contributed by atoms with van der Waals surface area (Å²) in [5, 5.41) is 28.3. The van der Waals surface area contributed by atoms with Crippen molar-refractivity contribution >= 4 is 33.5 Å². The smallest absolute Gasteiger partial charge is 0.0383 e. The molecule has 6 aliphatic rings. The van der Waals surface area contributed by atoms with E-state index in [9.17, 15) is 10.2 Å². The Morgan fingerprint density at radius 3 is 1.85 bits per heavy atom. The van der Waals surface area contributed by atoms with Gasteiger partial charge >= 0.3 is 129 Å². The number of aliphatic hydroxyl groups is 1. The Bertz CT molecular complexity index is 875. The fourth-order valence-corrected chi connectivity index (χ4v) is 26.8. The molecule has 2 N–H and O–H groups in total. The van der Waals surface area contributed by atoms with E-state index in [1.165, 1.54) is 36.6 Å². The van der Waals surface area contributed by atoms with Crippen LogP contribution in [0.3, 0.4) is 0 Å². The Kier molecular flexibility index (Phi) is 13.2. The summed E-state index contributed by atoms with van der Waals surface area (Å²) in [5.74, 6) is 0.791. The molecule has 0 spiro atoms. The molecule has 0 amide bonds. The third kappa shape index (κ3) is 9.18. The van der Waals surface area contributed by atoms with Gasteiger partial charge in [0.15, 0.2) is 0 Å². The van der Waals surface area contributed by atoms with E-state index < -0.39 is 21.8 Å². The van der Waals surface area contributed by atoms with E-state index in [-0.39, 0.29) is 11.9 Å². The van der Waals surface area contributed by atoms with Gasteiger partial charge < -0.3 is 20.8 Å². The summed E-state index contributed by atoms with van der Waals surface area (Å²) in [6.45, 7) is 1.74. The second-order valence-electron chi connectivity index (χ2n) is 13.6. The summed E-state index contributed by atoms with van der Waals surface area (Å²) in [7, 11) is 0. The van der Waals surface area contributed by atoms with E-state index in [1.807, 2.05) is 18.2 Å². The molecule has 0 bridgehead atoms. The van der Waals surface area contributed by atoms with Gasteiger partial charge in [0, 0.05) is 18.3 Å². The molecule has 41 heavy (non-hydrogen) atoms. The van der Waals surface area contributed by atoms with E-state index >= 15 is 0 Å². The van der Waals surface area contributed by atoms with Crippen molar-refractivity contribution in [2.45, 2.75) is 151 Å². The fraction of sp³-hybridized carbons (Fsp3) is 0.778. The van der Waals surface area contributed by atoms with Gasteiger partial charge in [-0.3, -0.25) is 0 Å². The largest absolute Gasteiger partial charge is 0.871 e. The van der Waals surface area contributed by atoms with Crippen LogP contribution in [0, 0.1) is 5.92 Å². The zero-order chi connectivity index (χ0) is 28.3. The first kappa shape index (κ1) is 31.8. The maximum atomic E-state index is 11.2. The molecule has 1 aromatic rings. The minimum absolute atomic E-state index is 0.0758. The van der Waals surface area contributed by atoms with Crippen LogP contribution in [0.25, 0.3) is 11.4 Å². The van der Waals surface area contributed by atoms with Crippen LogP contribution in [0.2, 0.25) is 10.9 Å². The second-order valence-corrected chi connectivity index (χ2v) is 25.6. The Morgan fingerprint density at radius 1 is 0.707 bits per heavy atom. The molecule has 1 saturated heterocycles. The molecule has 0 radical (unpaired) electrons. The van der Waals surface area contributed by atoms with Gasteiger partial charge in [-0.2, -0.15) is 0 Å². The molecule has 4 nitrogen and oxygen atoms in total. The third-order valence-corrected chi connectivity index (χ3v) is 26.6. The third-order valence-electron chi connectivity index (χ3n) is 10.8. The van der Waals surface area contributed by atoms with Crippen molar-refractivity contribution in [1.29, 1.82) is 0 Å². The van der Waals surface area contributed by atoms with Crippen molar-refractivity contribution in [3.63, 3.8) is 0 Å². The Balaban J connectivity index is 0.000000132. The molecule has 5 fully saturated rings. The average Bonchev–Trinajstić information content (AvgIpc) is 3.04. The SMILES string of the molecule is C1CC[CH]([Bi+2]([CH]2CCCCC2)[CH]2CCCCC2)CC1.OC1CCCC2CCC[N-]C12.[O-]c1cccc2c1NCC=C2. The molecular formula is C36H57BiN2O2. The van der Waals surface area contributed by atoms with Crippen LogP contribution in [0.1, 0.15) is 134 Å². The number of hydrogen-bond donors (Lipinski definition) is 2. The molecule has 2 aliphatic heterocycles. The van der Waals surface area contributed by atoms with Gasteiger partial charge in [0.1, 0.15) is 0 Å². The summed E-state index contributed by atoms with van der Waals surface area (Å²) >= 11 is -1.23. The van der Waals surface area contributed by atoms with Crippen molar-refractivity contribution in [3.8, 4) is 5.75 Å². The number of fused-ring (bicyclic) bond motifs is 2. The van der Waals surface area contributed by atoms with Crippen LogP contribution >= 0.6 is 0 Å². The molecule has 3 atom stereocenters. The Labute approximate surface area is 259 Å². The molecule has 1 aromatic carbocycles. The molecule has 2 heterocycles. The van der Waals surface area contributed by atoms with Crippen LogP contribution in [0.15, 0.2) is 24.3 Å². The van der Waals surface area contributed by atoms with Crippen LogP contribution in [-0.2, 0) is 0 Å². The van der Waals surface area contributed by atoms with Gasteiger partial charge in [0.2, 0.25) is 0 Å². The van der Waals surface area contributed by atoms with Crippen molar-refractivity contribution in [1.82, 2.24) is 0 Å². The normalized spacial score (nSPS) is 29.0. The molecule has 0 aromatic heterocycles. The maximum absolute atomic E-state index is 11.2. The summed E-state index contributed by atoms with van der Waals surface area (Å²) in [5.41, 5.74) is 1.72. The van der Waals surface area contributed by atoms with Crippen LogP contribution in [0.5, 0.6) is 5.75 Å². The molecule has 4 aliphatic carbocycles. The van der Waals surface area contributed by atoms with Gasteiger partial charge in [0.25, 0.3) is 0 Å². The van der Waals surface area contributed by atoms with E-state index in [2.05, 4.69) is 10.6 Å². The van der Waals surface area contributed by atoms with Crippen LogP contribution in [-0.4, -0.2) is 52.1 Å². The number of nitrogens with one attached hydrogen (secondary N) is 1. The van der Waals surface area contributed by atoms with E-state index in [4.69, 9.17) is 0 Å². The number of rotatable bonds is 3. The van der Waals surface area contributed by atoms with Crippen LogP contribution < -0.4 is 10.4 Å². The quantitative estimate of drug-likeness (QED) is 0.302. The first-order chi connectivity index (χ1) is 20.2. The van der Waals surface area contributed by atoms with Crippen molar-refractivity contribution in [2.24, 2.45) is 5.92 Å². The van der Waals surface area contributed by atoms with Crippen LogP contribution in [0.4, 0.5) is 5.69 Å². The molecule has 3 unspecified atom stereocenters. The molecular weight excluding hydrogens is 701 g/mol.